The van der Waals surface area contributed by atoms with Crippen LogP contribution in [-0.2, 0) is 0 Å². The quantitative estimate of drug-likeness (QED) is 0.698. The summed E-state index contributed by atoms with van der Waals surface area (Å²) in [5.74, 6) is 0.512. The fourth-order valence-electron chi connectivity index (χ4n) is 3.70. The monoisotopic (exact) mass is 306 g/mol. The van der Waals surface area contributed by atoms with Gasteiger partial charge < -0.3 is 4.52 Å². The molecule has 0 aliphatic carbocycles. The van der Waals surface area contributed by atoms with Gasteiger partial charge in [0.1, 0.15) is 0 Å². The first kappa shape index (κ1) is 14.5. The van der Waals surface area contributed by atoms with Crippen LogP contribution in [0.1, 0.15) is 43.0 Å². The van der Waals surface area contributed by atoms with Gasteiger partial charge in [-0.1, -0.05) is 47.6 Å². The van der Waals surface area contributed by atoms with Gasteiger partial charge >= 0.3 is 0 Å². The highest BCUT2D eigenvalue weighted by Crippen LogP contribution is 2.34. The molecule has 23 heavy (non-hydrogen) atoms. The van der Waals surface area contributed by atoms with Crippen molar-refractivity contribution in [1.29, 1.82) is 0 Å². The van der Waals surface area contributed by atoms with E-state index in [4.69, 9.17) is 4.52 Å². The molecule has 3 aromatic rings. The van der Waals surface area contributed by atoms with Crippen LogP contribution in [0.25, 0.3) is 11.0 Å². The van der Waals surface area contributed by atoms with Crippen LogP contribution in [-0.4, -0.2) is 23.1 Å². The van der Waals surface area contributed by atoms with E-state index in [-0.39, 0.29) is 0 Å². The number of rotatable bonds is 3. The van der Waals surface area contributed by atoms with Gasteiger partial charge in [0.15, 0.2) is 5.58 Å². The molecule has 1 saturated heterocycles. The maximum atomic E-state index is 5.48. The van der Waals surface area contributed by atoms with Crippen molar-refractivity contribution in [3.05, 3.63) is 65.9 Å². The third-order valence-electron chi connectivity index (χ3n) is 5.15. The number of likely N-dealkylation sites (tertiary alicyclic amines) is 1. The summed E-state index contributed by atoms with van der Waals surface area (Å²) >= 11 is 0. The number of para-hydroxylation sites is 1. The molecule has 2 heterocycles. The Labute approximate surface area is 136 Å². The Morgan fingerprint density at radius 3 is 2.48 bits per heavy atom. The lowest BCUT2D eigenvalue weighted by atomic mass is 9.90. The lowest BCUT2D eigenvalue weighted by molar-refractivity contribution is 0.160. The smallest absolute Gasteiger partial charge is 0.167 e. The fourth-order valence-corrected chi connectivity index (χ4v) is 3.70. The van der Waals surface area contributed by atoms with E-state index in [0.717, 1.165) is 37.2 Å². The van der Waals surface area contributed by atoms with E-state index in [1.165, 1.54) is 10.9 Å². The number of hydrogen-bond acceptors (Lipinski definition) is 3. The van der Waals surface area contributed by atoms with Gasteiger partial charge in [0.2, 0.25) is 0 Å². The molecule has 2 aromatic carbocycles. The summed E-state index contributed by atoms with van der Waals surface area (Å²) in [6.45, 7) is 4.53. The Balaban J connectivity index is 1.47. The molecule has 1 fully saturated rings. The van der Waals surface area contributed by atoms with Crippen molar-refractivity contribution in [2.45, 2.75) is 31.7 Å². The molecule has 4 rings (SSSR count). The van der Waals surface area contributed by atoms with E-state index in [9.17, 15) is 0 Å². The van der Waals surface area contributed by atoms with Gasteiger partial charge in [-0.3, -0.25) is 4.90 Å². The maximum Gasteiger partial charge on any atom is 0.167 e. The van der Waals surface area contributed by atoms with Crippen molar-refractivity contribution in [3.63, 3.8) is 0 Å². The van der Waals surface area contributed by atoms with Crippen LogP contribution in [0.2, 0.25) is 0 Å². The van der Waals surface area contributed by atoms with Gasteiger partial charge in [-0.2, -0.15) is 0 Å². The Morgan fingerprint density at radius 2 is 1.70 bits per heavy atom. The summed E-state index contributed by atoms with van der Waals surface area (Å²) in [6.07, 6.45) is 2.29. The standard InChI is InChI=1S/C20H22N2O/c1-15(16-7-3-2-4-8-16)22-13-11-17(12-14-22)20-18-9-5-6-10-19(18)23-21-20/h2-10,15,17H,11-14H2,1H3. The SMILES string of the molecule is CC(c1ccccc1)N1CCC(c2noc3ccccc23)CC1. The predicted molar refractivity (Wildman–Crippen MR) is 92.4 cm³/mol. The first-order valence-corrected chi connectivity index (χ1v) is 8.46. The minimum atomic E-state index is 0.478. The molecule has 3 nitrogen and oxygen atoms in total. The Hall–Kier alpha value is -2.13. The second kappa shape index (κ2) is 6.17. The fraction of sp³-hybridized carbons (Fsp3) is 0.350. The van der Waals surface area contributed by atoms with Crippen LogP contribution in [0.15, 0.2) is 59.1 Å². The molecular weight excluding hydrogens is 284 g/mol. The third kappa shape index (κ3) is 2.77. The number of hydrogen-bond donors (Lipinski definition) is 0. The average Bonchev–Trinajstić information content (AvgIpc) is 3.06. The molecule has 1 atom stereocenters. The average molecular weight is 306 g/mol. The summed E-state index contributed by atoms with van der Waals surface area (Å²) in [6, 6.07) is 19.4. The zero-order chi connectivity index (χ0) is 15.6. The van der Waals surface area contributed by atoms with Crippen molar-refractivity contribution >= 4 is 11.0 Å². The number of fused-ring (bicyclic) bond motifs is 1. The normalized spacial score (nSPS) is 18.3. The number of aromatic nitrogens is 1. The summed E-state index contributed by atoms with van der Waals surface area (Å²) in [5, 5.41) is 5.54. The molecule has 0 amide bonds. The van der Waals surface area contributed by atoms with Crippen molar-refractivity contribution in [3.8, 4) is 0 Å². The third-order valence-corrected chi connectivity index (χ3v) is 5.15. The van der Waals surface area contributed by atoms with Crippen LogP contribution in [0.4, 0.5) is 0 Å². The highest BCUT2D eigenvalue weighted by atomic mass is 16.5. The first-order chi connectivity index (χ1) is 11.3. The van der Waals surface area contributed by atoms with E-state index in [1.54, 1.807) is 0 Å². The van der Waals surface area contributed by atoms with Gasteiger partial charge in [-0.25, -0.2) is 0 Å². The maximum absolute atomic E-state index is 5.48. The van der Waals surface area contributed by atoms with Crippen molar-refractivity contribution in [2.75, 3.05) is 13.1 Å². The molecule has 1 aliphatic rings. The molecule has 0 N–H and O–H groups in total. The van der Waals surface area contributed by atoms with Gasteiger partial charge in [-0.15, -0.1) is 0 Å². The van der Waals surface area contributed by atoms with Crippen LogP contribution in [0.5, 0.6) is 0 Å². The van der Waals surface area contributed by atoms with Crippen molar-refractivity contribution < 1.29 is 4.52 Å². The molecular formula is C20H22N2O. The predicted octanol–water partition coefficient (Wildman–Crippen LogP) is 4.77. The number of piperidine rings is 1. The zero-order valence-electron chi connectivity index (χ0n) is 13.5. The molecule has 1 aliphatic heterocycles. The molecule has 0 spiro atoms. The lowest BCUT2D eigenvalue weighted by Gasteiger charge is -2.35. The van der Waals surface area contributed by atoms with E-state index in [0.29, 0.717) is 12.0 Å². The Bertz CT molecular complexity index is 772. The van der Waals surface area contributed by atoms with Crippen molar-refractivity contribution in [2.24, 2.45) is 0 Å². The minimum Gasteiger partial charge on any atom is -0.356 e. The van der Waals surface area contributed by atoms with E-state index in [2.05, 4.69) is 59.4 Å². The minimum absolute atomic E-state index is 0.478. The second-order valence-corrected chi connectivity index (χ2v) is 6.46. The second-order valence-electron chi connectivity index (χ2n) is 6.46. The molecule has 1 aromatic heterocycles. The summed E-state index contributed by atoms with van der Waals surface area (Å²) in [4.78, 5) is 2.58. The number of nitrogens with zero attached hydrogens (tertiary/aromatic N) is 2. The number of benzene rings is 2. The Kier molecular flexibility index (Phi) is 3.88. The van der Waals surface area contributed by atoms with Gasteiger partial charge in [0.25, 0.3) is 0 Å². The molecule has 0 bridgehead atoms. The molecule has 118 valence electrons. The topological polar surface area (TPSA) is 29.3 Å². The van der Waals surface area contributed by atoms with E-state index < -0.39 is 0 Å². The van der Waals surface area contributed by atoms with Crippen molar-refractivity contribution in [1.82, 2.24) is 10.1 Å². The van der Waals surface area contributed by atoms with Crippen LogP contribution >= 0.6 is 0 Å². The highest BCUT2D eigenvalue weighted by molar-refractivity contribution is 5.79. The highest BCUT2D eigenvalue weighted by Gasteiger charge is 2.27. The van der Waals surface area contributed by atoms with Crippen LogP contribution in [0.3, 0.4) is 0 Å². The molecule has 1 unspecified atom stereocenters. The van der Waals surface area contributed by atoms with E-state index in [1.807, 2.05) is 12.1 Å². The molecule has 3 heteroatoms. The largest absolute Gasteiger partial charge is 0.356 e. The van der Waals surface area contributed by atoms with Crippen LogP contribution in [0, 0.1) is 0 Å². The zero-order valence-corrected chi connectivity index (χ0v) is 13.5. The Morgan fingerprint density at radius 1 is 1.00 bits per heavy atom. The summed E-state index contributed by atoms with van der Waals surface area (Å²) in [7, 11) is 0. The summed E-state index contributed by atoms with van der Waals surface area (Å²) < 4.78 is 5.48. The van der Waals surface area contributed by atoms with Crippen LogP contribution < -0.4 is 0 Å². The lowest BCUT2D eigenvalue weighted by Crippen LogP contribution is -2.35. The van der Waals surface area contributed by atoms with Gasteiger partial charge in [-0.05, 0) is 50.6 Å². The van der Waals surface area contributed by atoms with Gasteiger partial charge in [0.05, 0.1) is 5.69 Å². The molecule has 0 saturated carbocycles. The van der Waals surface area contributed by atoms with E-state index >= 15 is 0 Å². The van der Waals surface area contributed by atoms with Gasteiger partial charge in [0, 0.05) is 17.3 Å². The summed E-state index contributed by atoms with van der Waals surface area (Å²) in [5.41, 5.74) is 3.45. The first-order valence-electron chi connectivity index (χ1n) is 8.46. The molecule has 0 radical (unpaired) electrons.